The summed E-state index contributed by atoms with van der Waals surface area (Å²) in [6, 6.07) is 2.59. The molecule has 0 radical (unpaired) electrons. The largest absolute Gasteiger partial charge is 0.323 e. The van der Waals surface area contributed by atoms with E-state index in [2.05, 4.69) is 23.7 Å². The lowest BCUT2D eigenvalue weighted by Gasteiger charge is -2.19. The maximum atomic E-state index is 14.1. The molecule has 6 heteroatoms. The zero-order chi connectivity index (χ0) is 15.6. The molecule has 0 bridgehead atoms. The van der Waals surface area contributed by atoms with Gasteiger partial charge in [0.25, 0.3) is 0 Å². The first-order valence-electron chi connectivity index (χ1n) is 7.20. The van der Waals surface area contributed by atoms with Crippen molar-refractivity contribution in [2.75, 3.05) is 19.6 Å². The Kier molecular flexibility index (Phi) is 5.17. The number of halogens is 3. The predicted molar refractivity (Wildman–Crippen MR) is 81.7 cm³/mol. The van der Waals surface area contributed by atoms with Crippen LogP contribution in [0.1, 0.15) is 32.0 Å². The van der Waals surface area contributed by atoms with Crippen molar-refractivity contribution in [3.63, 3.8) is 0 Å². The third-order valence-electron chi connectivity index (χ3n) is 3.72. The summed E-state index contributed by atoms with van der Waals surface area (Å²) in [5, 5.41) is -0.364. The second-order valence-electron chi connectivity index (χ2n) is 4.99. The average molecular weight is 316 g/mol. The summed E-state index contributed by atoms with van der Waals surface area (Å²) in [4.78, 5) is 6.56. The van der Waals surface area contributed by atoms with E-state index in [1.54, 1.807) is 11.5 Å². The second kappa shape index (κ2) is 6.71. The Labute approximate surface area is 128 Å². The van der Waals surface area contributed by atoms with Crippen molar-refractivity contribution in [2.45, 2.75) is 32.7 Å². The van der Waals surface area contributed by atoms with Crippen LogP contribution in [0.25, 0.3) is 11.0 Å². The van der Waals surface area contributed by atoms with Crippen molar-refractivity contribution < 1.29 is 8.78 Å². The molecule has 0 aliphatic rings. The van der Waals surface area contributed by atoms with E-state index in [9.17, 15) is 8.78 Å². The van der Waals surface area contributed by atoms with Crippen LogP contribution in [0.15, 0.2) is 12.1 Å². The second-order valence-corrected chi connectivity index (χ2v) is 5.65. The van der Waals surface area contributed by atoms with Gasteiger partial charge in [-0.25, -0.2) is 13.8 Å². The number of likely N-dealkylation sites (N-methyl/N-ethyl adjacent to an activating group) is 1. The van der Waals surface area contributed by atoms with Gasteiger partial charge in [-0.15, -0.1) is 11.6 Å². The van der Waals surface area contributed by atoms with Gasteiger partial charge in [0.2, 0.25) is 0 Å². The molecule has 0 saturated heterocycles. The molecule has 0 aliphatic heterocycles. The smallest absolute Gasteiger partial charge is 0.184 e. The third kappa shape index (κ3) is 3.19. The Balaban J connectivity index is 2.47. The zero-order valence-corrected chi connectivity index (χ0v) is 13.3. The highest BCUT2D eigenvalue weighted by atomic mass is 35.5. The number of nitrogens with zero attached hydrogens (tertiary/aromatic N) is 3. The fourth-order valence-corrected chi connectivity index (χ4v) is 2.65. The standard InChI is InChI=1S/C15H20ClF2N3/c1-4-20(5-2)8-9-21-14-12(19-15(21)10(3)16)7-6-11(17)13(14)18/h6-7,10H,4-5,8-9H2,1-3H3. The zero-order valence-electron chi connectivity index (χ0n) is 12.5. The first kappa shape index (κ1) is 16.2. The maximum Gasteiger partial charge on any atom is 0.184 e. The summed E-state index contributed by atoms with van der Waals surface area (Å²) in [6.07, 6.45) is 0. The third-order valence-corrected chi connectivity index (χ3v) is 3.91. The molecule has 1 aromatic heterocycles. The van der Waals surface area contributed by atoms with E-state index < -0.39 is 11.6 Å². The SMILES string of the molecule is CCN(CC)CCn1c(C(C)Cl)nc2ccc(F)c(F)c21. The minimum absolute atomic E-state index is 0.199. The fourth-order valence-electron chi connectivity index (χ4n) is 2.49. The summed E-state index contributed by atoms with van der Waals surface area (Å²) < 4.78 is 29.3. The van der Waals surface area contributed by atoms with Gasteiger partial charge >= 0.3 is 0 Å². The van der Waals surface area contributed by atoms with Gasteiger partial charge in [-0.1, -0.05) is 13.8 Å². The monoisotopic (exact) mass is 315 g/mol. The van der Waals surface area contributed by atoms with E-state index in [0.29, 0.717) is 17.9 Å². The Morgan fingerprint density at radius 2 is 1.95 bits per heavy atom. The molecule has 0 N–H and O–H groups in total. The molecule has 2 aromatic rings. The highest BCUT2D eigenvalue weighted by molar-refractivity contribution is 6.20. The Bertz CT molecular complexity index is 621. The van der Waals surface area contributed by atoms with Gasteiger partial charge in [0.1, 0.15) is 11.3 Å². The lowest BCUT2D eigenvalue weighted by molar-refractivity contribution is 0.290. The van der Waals surface area contributed by atoms with Crippen molar-refractivity contribution in [3.8, 4) is 0 Å². The molecular formula is C15H20ClF2N3. The van der Waals surface area contributed by atoms with Gasteiger partial charge < -0.3 is 9.47 Å². The number of aromatic nitrogens is 2. The number of alkyl halides is 1. The van der Waals surface area contributed by atoms with Crippen LogP contribution in [0.4, 0.5) is 8.78 Å². The Hall–Kier alpha value is -1.20. The quantitative estimate of drug-likeness (QED) is 0.752. The van der Waals surface area contributed by atoms with Crippen LogP contribution < -0.4 is 0 Å². The van der Waals surface area contributed by atoms with Gasteiger partial charge in [0.05, 0.1) is 10.9 Å². The normalized spacial score (nSPS) is 13.3. The van der Waals surface area contributed by atoms with E-state index >= 15 is 0 Å². The summed E-state index contributed by atoms with van der Waals surface area (Å²) in [5.74, 6) is -1.15. The van der Waals surface area contributed by atoms with Crippen LogP contribution in [-0.4, -0.2) is 34.1 Å². The lowest BCUT2D eigenvalue weighted by Crippen LogP contribution is -2.27. The van der Waals surface area contributed by atoms with E-state index in [1.807, 2.05) is 0 Å². The van der Waals surface area contributed by atoms with Crippen molar-refractivity contribution in [1.82, 2.24) is 14.5 Å². The number of benzene rings is 1. The first-order chi connectivity index (χ1) is 9.99. The van der Waals surface area contributed by atoms with Crippen molar-refractivity contribution in [2.24, 2.45) is 0 Å². The number of fused-ring (bicyclic) bond motifs is 1. The van der Waals surface area contributed by atoms with E-state index in [0.717, 1.165) is 25.7 Å². The predicted octanol–water partition coefficient (Wildman–Crippen LogP) is 3.96. The molecule has 1 atom stereocenters. The molecule has 0 saturated carbocycles. The van der Waals surface area contributed by atoms with Crippen molar-refractivity contribution in [1.29, 1.82) is 0 Å². The first-order valence-corrected chi connectivity index (χ1v) is 7.63. The molecule has 21 heavy (non-hydrogen) atoms. The number of imidazole rings is 1. The topological polar surface area (TPSA) is 21.1 Å². The van der Waals surface area contributed by atoms with Crippen LogP contribution >= 0.6 is 11.6 Å². The molecule has 1 unspecified atom stereocenters. The van der Waals surface area contributed by atoms with Gasteiger partial charge in [0, 0.05) is 13.1 Å². The van der Waals surface area contributed by atoms with Gasteiger partial charge in [0.15, 0.2) is 11.6 Å². The average Bonchev–Trinajstić information content (AvgIpc) is 2.84. The molecular weight excluding hydrogens is 296 g/mol. The Morgan fingerprint density at radius 3 is 2.52 bits per heavy atom. The summed E-state index contributed by atoms with van der Waals surface area (Å²) >= 11 is 6.14. The van der Waals surface area contributed by atoms with E-state index in [4.69, 9.17) is 11.6 Å². The molecule has 1 heterocycles. The number of hydrogen-bond acceptors (Lipinski definition) is 2. The van der Waals surface area contributed by atoms with Crippen LogP contribution in [0.5, 0.6) is 0 Å². The minimum Gasteiger partial charge on any atom is -0.323 e. The van der Waals surface area contributed by atoms with Gasteiger partial charge in [-0.05, 0) is 32.1 Å². The van der Waals surface area contributed by atoms with E-state index in [1.165, 1.54) is 6.07 Å². The highest BCUT2D eigenvalue weighted by Gasteiger charge is 2.20. The van der Waals surface area contributed by atoms with Crippen LogP contribution in [0.3, 0.4) is 0 Å². The minimum atomic E-state index is -0.861. The highest BCUT2D eigenvalue weighted by Crippen LogP contribution is 2.27. The van der Waals surface area contributed by atoms with Crippen molar-refractivity contribution >= 4 is 22.6 Å². The summed E-state index contributed by atoms with van der Waals surface area (Å²) in [7, 11) is 0. The van der Waals surface area contributed by atoms with Gasteiger partial charge in [-0.2, -0.15) is 0 Å². The molecule has 0 fully saturated rings. The maximum absolute atomic E-state index is 14.1. The van der Waals surface area contributed by atoms with Crippen LogP contribution in [0.2, 0.25) is 0 Å². The van der Waals surface area contributed by atoms with Crippen LogP contribution in [0, 0.1) is 11.6 Å². The van der Waals surface area contributed by atoms with E-state index in [-0.39, 0.29) is 10.9 Å². The Morgan fingerprint density at radius 1 is 1.29 bits per heavy atom. The molecule has 3 nitrogen and oxygen atoms in total. The fraction of sp³-hybridized carbons (Fsp3) is 0.533. The van der Waals surface area contributed by atoms with Gasteiger partial charge in [-0.3, -0.25) is 0 Å². The lowest BCUT2D eigenvalue weighted by atomic mass is 10.3. The van der Waals surface area contributed by atoms with Crippen LogP contribution in [-0.2, 0) is 6.54 Å². The summed E-state index contributed by atoms with van der Waals surface area (Å²) in [6.45, 7) is 9.01. The molecule has 0 amide bonds. The summed E-state index contributed by atoms with van der Waals surface area (Å²) in [5.41, 5.74) is 0.639. The molecule has 0 aliphatic carbocycles. The molecule has 116 valence electrons. The molecule has 0 spiro atoms. The molecule has 2 rings (SSSR count). The molecule has 1 aromatic carbocycles. The number of hydrogen-bond donors (Lipinski definition) is 0. The van der Waals surface area contributed by atoms with Crippen molar-refractivity contribution in [3.05, 3.63) is 29.6 Å². The number of rotatable bonds is 6.